The first-order valence-electron chi connectivity index (χ1n) is 5.47. The second-order valence-corrected chi connectivity index (χ2v) is 4.19. The van der Waals surface area contributed by atoms with Crippen LogP contribution in [0.25, 0.3) is 10.9 Å². The molecule has 1 aromatic heterocycles. The number of rotatable bonds is 1. The van der Waals surface area contributed by atoms with Crippen LogP contribution >= 0.6 is 0 Å². The Morgan fingerprint density at radius 1 is 1.33 bits per heavy atom. The average Bonchev–Trinajstić information content (AvgIpc) is 2.55. The van der Waals surface area contributed by atoms with Crippen molar-refractivity contribution in [3.05, 3.63) is 29.5 Å². The largest absolute Gasteiger partial charge is 0.494 e. The Morgan fingerprint density at radius 2 is 2.20 bits per heavy atom. The predicted molar refractivity (Wildman–Crippen MR) is 61.5 cm³/mol. The molecular weight excluding hydrogens is 186 g/mol. The summed E-state index contributed by atoms with van der Waals surface area (Å²) < 4.78 is 7.90. The predicted octanol–water partition coefficient (Wildman–Crippen LogP) is 2.90. The maximum atomic E-state index is 5.50. The number of benzene rings is 1. The maximum absolute atomic E-state index is 5.50. The summed E-state index contributed by atoms with van der Waals surface area (Å²) in [6, 6.07) is 6.53. The molecule has 1 aliphatic heterocycles. The topological polar surface area (TPSA) is 14.2 Å². The van der Waals surface area contributed by atoms with Gasteiger partial charge in [-0.1, -0.05) is 12.1 Å². The summed E-state index contributed by atoms with van der Waals surface area (Å²) in [6.07, 6.45) is 2.44. The van der Waals surface area contributed by atoms with E-state index in [1.165, 1.54) is 35.0 Å². The normalized spacial score (nSPS) is 14.5. The van der Waals surface area contributed by atoms with Crippen LogP contribution in [0.3, 0.4) is 0 Å². The van der Waals surface area contributed by atoms with Crippen LogP contribution in [0, 0.1) is 6.92 Å². The first-order valence-corrected chi connectivity index (χ1v) is 5.47. The first kappa shape index (κ1) is 8.84. The molecule has 1 aliphatic rings. The molecule has 2 nitrogen and oxygen atoms in total. The number of aromatic nitrogens is 1. The van der Waals surface area contributed by atoms with Crippen molar-refractivity contribution in [1.29, 1.82) is 0 Å². The van der Waals surface area contributed by atoms with E-state index in [9.17, 15) is 0 Å². The molecule has 0 spiro atoms. The molecule has 0 atom stereocenters. The molecule has 0 bridgehead atoms. The first-order chi connectivity index (χ1) is 7.33. The maximum Gasteiger partial charge on any atom is 0.147 e. The minimum Gasteiger partial charge on any atom is -0.494 e. The van der Waals surface area contributed by atoms with Gasteiger partial charge in [-0.15, -0.1) is 0 Å². The second kappa shape index (κ2) is 3.02. The SMILES string of the molecule is COc1c(C)n2c3c(cccc13)CCC2. The van der Waals surface area contributed by atoms with Crippen molar-refractivity contribution in [2.45, 2.75) is 26.3 Å². The fourth-order valence-electron chi connectivity index (χ4n) is 2.75. The van der Waals surface area contributed by atoms with Crippen molar-refractivity contribution in [1.82, 2.24) is 4.57 Å². The molecule has 2 heteroatoms. The number of aryl methyl sites for hydroxylation is 2. The molecule has 1 aromatic carbocycles. The molecule has 2 aromatic rings. The number of hydrogen-bond donors (Lipinski definition) is 0. The lowest BCUT2D eigenvalue weighted by Crippen LogP contribution is -2.08. The van der Waals surface area contributed by atoms with Crippen LogP contribution in [-0.4, -0.2) is 11.7 Å². The van der Waals surface area contributed by atoms with Gasteiger partial charge in [-0.25, -0.2) is 0 Å². The summed E-state index contributed by atoms with van der Waals surface area (Å²) in [7, 11) is 1.76. The molecule has 0 aliphatic carbocycles. The lowest BCUT2D eigenvalue weighted by Gasteiger charge is -2.16. The molecule has 15 heavy (non-hydrogen) atoms. The zero-order valence-electron chi connectivity index (χ0n) is 9.21. The van der Waals surface area contributed by atoms with Gasteiger partial charge in [0.2, 0.25) is 0 Å². The summed E-state index contributed by atoms with van der Waals surface area (Å²) in [5, 5.41) is 1.27. The van der Waals surface area contributed by atoms with E-state index >= 15 is 0 Å². The van der Waals surface area contributed by atoms with Crippen molar-refractivity contribution < 1.29 is 4.74 Å². The van der Waals surface area contributed by atoms with E-state index < -0.39 is 0 Å². The van der Waals surface area contributed by atoms with Gasteiger partial charge in [0.15, 0.2) is 0 Å². The molecule has 0 amide bonds. The van der Waals surface area contributed by atoms with E-state index in [0.717, 1.165) is 12.3 Å². The van der Waals surface area contributed by atoms with E-state index in [1.807, 2.05) is 0 Å². The molecule has 0 radical (unpaired) electrons. The van der Waals surface area contributed by atoms with Gasteiger partial charge in [-0.3, -0.25) is 0 Å². The molecule has 3 rings (SSSR count). The highest BCUT2D eigenvalue weighted by Crippen LogP contribution is 2.36. The molecule has 0 saturated carbocycles. The lowest BCUT2D eigenvalue weighted by molar-refractivity contribution is 0.413. The number of hydrogen-bond acceptors (Lipinski definition) is 1. The van der Waals surface area contributed by atoms with Crippen LogP contribution in [0.5, 0.6) is 5.75 Å². The van der Waals surface area contributed by atoms with E-state index in [4.69, 9.17) is 4.74 Å². The van der Waals surface area contributed by atoms with Gasteiger partial charge in [-0.2, -0.15) is 0 Å². The van der Waals surface area contributed by atoms with Crippen molar-refractivity contribution in [2.75, 3.05) is 7.11 Å². The van der Waals surface area contributed by atoms with E-state index in [0.29, 0.717) is 0 Å². The Kier molecular flexibility index (Phi) is 1.78. The Labute approximate surface area is 89.5 Å². The van der Waals surface area contributed by atoms with Crippen LogP contribution in [0.15, 0.2) is 18.2 Å². The van der Waals surface area contributed by atoms with Gasteiger partial charge in [0.25, 0.3) is 0 Å². The van der Waals surface area contributed by atoms with Crippen molar-refractivity contribution in [3.63, 3.8) is 0 Å². The monoisotopic (exact) mass is 201 g/mol. The smallest absolute Gasteiger partial charge is 0.147 e. The highest BCUT2D eigenvalue weighted by Gasteiger charge is 2.19. The van der Waals surface area contributed by atoms with Gasteiger partial charge in [0.1, 0.15) is 5.75 Å². The number of ether oxygens (including phenoxy) is 1. The molecule has 0 N–H and O–H groups in total. The summed E-state index contributed by atoms with van der Waals surface area (Å²) in [4.78, 5) is 0. The van der Waals surface area contributed by atoms with E-state index in [2.05, 4.69) is 29.7 Å². The molecular formula is C13H15NO. The molecule has 2 heterocycles. The Bertz CT molecular complexity index is 525. The fourth-order valence-corrected chi connectivity index (χ4v) is 2.75. The molecule has 0 saturated heterocycles. The van der Waals surface area contributed by atoms with Crippen LogP contribution in [0.4, 0.5) is 0 Å². The van der Waals surface area contributed by atoms with Gasteiger partial charge < -0.3 is 9.30 Å². The third-order valence-electron chi connectivity index (χ3n) is 3.40. The van der Waals surface area contributed by atoms with Gasteiger partial charge in [-0.05, 0) is 31.4 Å². The fraction of sp³-hybridized carbons (Fsp3) is 0.385. The second-order valence-electron chi connectivity index (χ2n) is 4.19. The van der Waals surface area contributed by atoms with Gasteiger partial charge in [0, 0.05) is 11.9 Å². The highest BCUT2D eigenvalue weighted by molar-refractivity contribution is 5.91. The third kappa shape index (κ3) is 1.05. The zero-order chi connectivity index (χ0) is 10.4. The Hall–Kier alpha value is -1.44. The average molecular weight is 201 g/mol. The van der Waals surface area contributed by atoms with Crippen LogP contribution < -0.4 is 4.74 Å². The third-order valence-corrected chi connectivity index (χ3v) is 3.40. The molecule has 0 fully saturated rings. The number of methoxy groups -OCH3 is 1. The van der Waals surface area contributed by atoms with E-state index in [-0.39, 0.29) is 0 Å². The van der Waals surface area contributed by atoms with Crippen molar-refractivity contribution in [2.24, 2.45) is 0 Å². The van der Waals surface area contributed by atoms with Crippen molar-refractivity contribution >= 4 is 10.9 Å². The zero-order valence-corrected chi connectivity index (χ0v) is 9.21. The standard InChI is InChI=1S/C13H15NO/c1-9-13(15-2)11-7-3-5-10-6-4-8-14(9)12(10)11/h3,5,7H,4,6,8H2,1-2H3. The Morgan fingerprint density at radius 3 is 3.00 bits per heavy atom. The highest BCUT2D eigenvalue weighted by atomic mass is 16.5. The summed E-state index contributed by atoms with van der Waals surface area (Å²) in [5.74, 6) is 1.05. The van der Waals surface area contributed by atoms with Crippen molar-refractivity contribution in [3.8, 4) is 5.75 Å². The van der Waals surface area contributed by atoms with Gasteiger partial charge in [0.05, 0.1) is 18.3 Å². The van der Waals surface area contributed by atoms with Crippen LogP contribution in [-0.2, 0) is 13.0 Å². The van der Waals surface area contributed by atoms with Gasteiger partial charge >= 0.3 is 0 Å². The molecule has 0 unspecified atom stereocenters. The van der Waals surface area contributed by atoms with Crippen LogP contribution in [0.2, 0.25) is 0 Å². The number of nitrogens with zero attached hydrogens (tertiary/aromatic N) is 1. The minimum absolute atomic E-state index is 1.05. The number of para-hydroxylation sites is 1. The molecule has 78 valence electrons. The quantitative estimate of drug-likeness (QED) is 0.692. The van der Waals surface area contributed by atoms with E-state index in [1.54, 1.807) is 7.11 Å². The minimum atomic E-state index is 1.05. The Balaban J connectivity index is 2.48. The lowest BCUT2D eigenvalue weighted by atomic mass is 10.0. The summed E-state index contributed by atoms with van der Waals surface area (Å²) >= 11 is 0. The summed E-state index contributed by atoms with van der Waals surface area (Å²) in [6.45, 7) is 3.27. The summed E-state index contributed by atoms with van der Waals surface area (Å²) in [5.41, 5.74) is 4.11. The van der Waals surface area contributed by atoms with Crippen LogP contribution in [0.1, 0.15) is 17.7 Å².